The summed E-state index contributed by atoms with van der Waals surface area (Å²) in [5.41, 5.74) is 2.96. The Morgan fingerprint density at radius 1 is 1.17 bits per heavy atom. The summed E-state index contributed by atoms with van der Waals surface area (Å²) in [6.07, 6.45) is 7.32. The maximum atomic E-state index is 11.2. The minimum atomic E-state index is -1.65. The van der Waals surface area contributed by atoms with Crippen molar-refractivity contribution in [2.75, 3.05) is 6.61 Å². The average molecular weight is 343 g/mol. The quantitative estimate of drug-likeness (QED) is 0.813. The van der Waals surface area contributed by atoms with E-state index < -0.39 is 8.07 Å². The molecule has 3 rings (SSSR count). The molecule has 1 aromatic rings. The second kappa shape index (κ2) is 6.99. The van der Waals surface area contributed by atoms with Crippen LogP contribution < -0.4 is 0 Å². The number of aliphatic hydroxyl groups excluding tert-OH is 2. The summed E-state index contributed by atoms with van der Waals surface area (Å²) in [6, 6.07) is 11.8. The maximum Gasteiger partial charge on any atom is 0.0620 e. The number of fused-ring (bicyclic) bond motifs is 1. The smallest absolute Gasteiger partial charge is 0.0620 e. The molecule has 0 aromatic heterocycles. The Labute approximate surface area is 146 Å². The second-order valence-corrected chi connectivity index (χ2v) is 13.4. The van der Waals surface area contributed by atoms with E-state index in [1.165, 1.54) is 11.1 Å². The van der Waals surface area contributed by atoms with Crippen molar-refractivity contribution in [3.05, 3.63) is 59.7 Å². The van der Waals surface area contributed by atoms with Crippen LogP contribution in [0.2, 0.25) is 18.6 Å². The lowest BCUT2D eigenvalue weighted by Gasteiger charge is -2.46. The molecule has 5 atom stereocenters. The highest BCUT2D eigenvalue weighted by atomic mass is 28.3. The molecular formula is C21H30O2Si. The van der Waals surface area contributed by atoms with Crippen LogP contribution >= 0.6 is 0 Å². The Hall–Kier alpha value is -1.16. The molecule has 0 saturated heterocycles. The highest BCUT2D eigenvalue weighted by molar-refractivity contribution is 6.78. The number of benzene rings is 1. The first-order valence-corrected chi connectivity index (χ1v) is 12.4. The standard InChI is InChI=1S/C21H30O2Si/c1-15-9-10-17-11-12-19(21(23)20(17)18(15)13-22)24(2,3)14-16-7-5-4-6-8-16/h4-11,15,18-23H,12-14H2,1-3H3/t15-,18-,19-,20-,21-/m0/s1. The Morgan fingerprint density at radius 2 is 1.88 bits per heavy atom. The monoisotopic (exact) mass is 342 g/mol. The molecule has 24 heavy (non-hydrogen) atoms. The van der Waals surface area contributed by atoms with E-state index >= 15 is 0 Å². The molecule has 0 bridgehead atoms. The third-order valence-electron chi connectivity index (χ3n) is 6.22. The predicted molar refractivity (Wildman–Crippen MR) is 102 cm³/mol. The average Bonchev–Trinajstić information content (AvgIpc) is 2.55. The van der Waals surface area contributed by atoms with Gasteiger partial charge in [0.25, 0.3) is 0 Å². The fourth-order valence-corrected chi connectivity index (χ4v) is 8.15. The van der Waals surface area contributed by atoms with Crippen molar-refractivity contribution in [2.45, 2.75) is 44.1 Å². The van der Waals surface area contributed by atoms with Crippen LogP contribution in [0, 0.1) is 17.8 Å². The lowest BCUT2D eigenvalue weighted by atomic mass is 9.68. The zero-order chi connectivity index (χ0) is 17.3. The van der Waals surface area contributed by atoms with Crippen molar-refractivity contribution in [1.29, 1.82) is 0 Å². The van der Waals surface area contributed by atoms with Gasteiger partial charge in [0.1, 0.15) is 0 Å². The molecule has 0 fully saturated rings. The predicted octanol–water partition coefficient (Wildman–Crippen LogP) is 3.97. The van der Waals surface area contributed by atoms with Gasteiger partial charge in [0.15, 0.2) is 0 Å². The highest BCUT2D eigenvalue weighted by Gasteiger charge is 2.46. The van der Waals surface area contributed by atoms with Gasteiger partial charge in [0.2, 0.25) is 0 Å². The third-order valence-corrected chi connectivity index (χ3v) is 10.1. The van der Waals surface area contributed by atoms with Crippen molar-refractivity contribution in [3.8, 4) is 0 Å². The van der Waals surface area contributed by atoms with Crippen molar-refractivity contribution in [2.24, 2.45) is 17.8 Å². The normalized spacial score (nSPS) is 33.0. The van der Waals surface area contributed by atoms with Crippen LogP contribution in [-0.2, 0) is 6.04 Å². The van der Waals surface area contributed by atoms with Gasteiger partial charge in [-0.05, 0) is 35.4 Å². The fraction of sp³-hybridized carbons (Fsp3) is 0.524. The molecule has 0 unspecified atom stereocenters. The molecule has 0 saturated carbocycles. The molecule has 0 amide bonds. The molecule has 2 aliphatic rings. The molecule has 0 aliphatic heterocycles. The fourth-order valence-electron chi connectivity index (χ4n) is 4.71. The summed E-state index contributed by atoms with van der Waals surface area (Å²) < 4.78 is 0. The molecule has 0 radical (unpaired) electrons. The van der Waals surface area contributed by atoms with E-state index in [1.807, 2.05) is 0 Å². The lowest BCUT2D eigenvalue weighted by molar-refractivity contribution is 0.0400. The van der Waals surface area contributed by atoms with Crippen LogP contribution in [0.5, 0.6) is 0 Å². The second-order valence-electron chi connectivity index (χ2n) is 8.28. The van der Waals surface area contributed by atoms with Gasteiger partial charge in [0.05, 0.1) is 14.2 Å². The van der Waals surface area contributed by atoms with Crippen LogP contribution in [0.4, 0.5) is 0 Å². The van der Waals surface area contributed by atoms with E-state index in [1.54, 1.807) is 0 Å². The molecule has 0 heterocycles. The third kappa shape index (κ3) is 3.30. The van der Waals surface area contributed by atoms with E-state index in [9.17, 15) is 10.2 Å². The van der Waals surface area contributed by atoms with Crippen LogP contribution in [0.1, 0.15) is 18.9 Å². The number of aliphatic hydroxyl groups is 2. The van der Waals surface area contributed by atoms with Gasteiger partial charge in [-0.25, -0.2) is 0 Å². The Balaban J connectivity index is 1.85. The lowest BCUT2D eigenvalue weighted by Crippen LogP contribution is -2.49. The molecule has 2 nitrogen and oxygen atoms in total. The molecule has 2 aliphatic carbocycles. The highest BCUT2D eigenvalue weighted by Crippen LogP contribution is 2.47. The molecule has 1 aromatic carbocycles. The van der Waals surface area contributed by atoms with Gasteiger partial charge in [-0.3, -0.25) is 0 Å². The number of hydrogen-bond donors (Lipinski definition) is 2. The Morgan fingerprint density at radius 3 is 2.54 bits per heavy atom. The van der Waals surface area contributed by atoms with E-state index in [2.05, 4.69) is 68.6 Å². The van der Waals surface area contributed by atoms with Crippen molar-refractivity contribution >= 4 is 8.07 Å². The Kier molecular flexibility index (Phi) is 5.14. The Bertz CT molecular complexity index is 620. The van der Waals surface area contributed by atoms with Crippen LogP contribution in [0.25, 0.3) is 0 Å². The summed E-state index contributed by atoms with van der Waals surface area (Å²) in [7, 11) is -1.65. The van der Waals surface area contributed by atoms with E-state index in [0.717, 1.165) is 12.5 Å². The summed E-state index contributed by atoms with van der Waals surface area (Å²) in [4.78, 5) is 0. The SMILES string of the molecule is C[C@H]1C=CC2=CC[C@H]([Si](C)(C)Cc3ccccc3)[C@H](O)[C@@H]2[C@H]1CO. The summed E-state index contributed by atoms with van der Waals surface area (Å²) in [6.45, 7) is 7.11. The van der Waals surface area contributed by atoms with Gasteiger partial charge >= 0.3 is 0 Å². The first kappa shape index (κ1) is 17.7. The van der Waals surface area contributed by atoms with Crippen molar-refractivity contribution in [1.82, 2.24) is 0 Å². The minimum Gasteiger partial charge on any atom is -0.396 e. The van der Waals surface area contributed by atoms with Gasteiger partial charge in [-0.2, -0.15) is 0 Å². The zero-order valence-corrected chi connectivity index (χ0v) is 16.0. The van der Waals surface area contributed by atoms with Crippen molar-refractivity contribution < 1.29 is 10.2 Å². The van der Waals surface area contributed by atoms with Gasteiger partial charge in [-0.15, -0.1) is 0 Å². The topological polar surface area (TPSA) is 40.5 Å². The number of rotatable bonds is 4. The van der Waals surface area contributed by atoms with Gasteiger partial charge in [-0.1, -0.05) is 74.1 Å². The van der Waals surface area contributed by atoms with Gasteiger partial charge < -0.3 is 10.2 Å². The van der Waals surface area contributed by atoms with E-state index in [-0.39, 0.29) is 24.5 Å². The molecule has 0 spiro atoms. The van der Waals surface area contributed by atoms with Gasteiger partial charge in [0, 0.05) is 12.5 Å². The number of hydrogen-bond acceptors (Lipinski definition) is 2. The molecule has 2 N–H and O–H groups in total. The molecular weight excluding hydrogens is 312 g/mol. The summed E-state index contributed by atoms with van der Waals surface area (Å²) >= 11 is 0. The van der Waals surface area contributed by atoms with E-state index in [0.29, 0.717) is 11.5 Å². The minimum absolute atomic E-state index is 0.0938. The first-order valence-electron chi connectivity index (χ1n) is 9.15. The first-order chi connectivity index (χ1) is 11.4. The summed E-state index contributed by atoms with van der Waals surface area (Å²) in [5, 5.41) is 21.1. The van der Waals surface area contributed by atoms with Crippen LogP contribution in [0.3, 0.4) is 0 Å². The van der Waals surface area contributed by atoms with Crippen LogP contribution in [0.15, 0.2) is 54.1 Å². The van der Waals surface area contributed by atoms with Crippen LogP contribution in [-0.4, -0.2) is 31.0 Å². The zero-order valence-electron chi connectivity index (χ0n) is 15.0. The van der Waals surface area contributed by atoms with Crippen molar-refractivity contribution in [3.63, 3.8) is 0 Å². The molecule has 3 heteroatoms. The molecule has 130 valence electrons. The number of allylic oxidation sites excluding steroid dienone is 3. The maximum absolute atomic E-state index is 11.2. The summed E-state index contributed by atoms with van der Waals surface area (Å²) in [5.74, 6) is 0.557. The van der Waals surface area contributed by atoms with E-state index in [4.69, 9.17) is 0 Å². The largest absolute Gasteiger partial charge is 0.396 e.